The quantitative estimate of drug-likeness (QED) is 0.103. The van der Waals surface area contributed by atoms with Gasteiger partial charge in [0, 0.05) is 24.1 Å². The van der Waals surface area contributed by atoms with Gasteiger partial charge in [0.2, 0.25) is 17.5 Å². The van der Waals surface area contributed by atoms with Gasteiger partial charge in [0.05, 0.1) is 12.7 Å². The molecule has 262 valence electrons. The van der Waals surface area contributed by atoms with Gasteiger partial charge in [0.1, 0.15) is 53.0 Å². The van der Waals surface area contributed by atoms with E-state index in [0.29, 0.717) is 6.42 Å². The Balaban J connectivity index is 1.53. The Labute approximate surface area is 271 Å². The first kappa shape index (κ1) is 35.1. The molecule has 2 fully saturated rings. The molecule has 0 aliphatic carbocycles. The summed E-state index contributed by atoms with van der Waals surface area (Å²) >= 11 is 0. The summed E-state index contributed by atoms with van der Waals surface area (Å²) in [6.45, 7) is 2.49. The molecule has 2 aromatic carbocycles. The fourth-order valence-electron chi connectivity index (χ4n) is 5.38. The lowest BCUT2D eigenvalue weighted by Crippen LogP contribution is -2.62. The lowest BCUT2D eigenvalue weighted by Gasteiger charge is -2.43. The van der Waals surface area contributed by atoms with Crippen LogP contribution in [0.3, 0.4) is 0 Å². The molecule has 1 aromatic heterocycles. The summed E-state index contributed by atoms with van der Waals surface area (Å²) in [6, 6.07) is 5.24. The molecule has 2 aliphatic rings. The van der Waals surface area contributed by atoms with Crippen LogP contribution in [0.2, 0.25) is 0 Å². The third-order valence-electron chi connectivity index (χ3n) is 7.99. The van der Waals surface area contributed by atoms with E-state index in [-0.39, 0.29) is 17.6 Å². The van der Waals surface area contributed by atoms with Crippen LogP contribution < -0.4 is 10.2 Å². The Kier molecular flexibility index (Phi) is 10.3. The zero-order valence-corrected chi connectivity index (χ0v) is 25.6. The number of aromatic hydroxyl groups is 4. The summed E-state index contributed by atoms with van der Waals surface area (Å²) < 4.78 is 33.8. The minimum absolute atomic E-state index is 0.0448. The lowest BCUT2D eigenvalue weighted by atomic mass is 9.98. The fourth-order valence-corrected chi connectivity index (χ4v) is 5.38. The molecule has 2 saturated heterocycles. The molecule has 17 nitrogen and oxygen atoms in total. The van der Waals surface area contributed by atoms with Gasteiger partial charge in [-0.15, -0.1) is 0 Å². The SMILES string of the molecule is CCCC(=O)O[C@@H]1[C@@H](O)[C@H](Oc2c(-c3ccc(O)c(O)c3)oc3cc(O)cc(O)c3c2=O)O[C@H](CO[C@@H]2O[C@@H](C)[C@H](O)[C@@H](O)[C@H]2O)[C@H]1O. The Morgan fingerprint density at radius 3 is 2.25 bits per heavy atom. The smallest absolute Gasteiger partial charge is 0.306 e. The average molecular weight is 681 g/mol. The number of phenolic OH excluding ortho intramolecular Hbond substituents is 4. The van der Waals surface area contributed by atoms with Crippen molar-refractivity contribution in [2.75, 3.05) is 6.61 Å². The number of phenols is 4. The van der Waals surface area contributed by atoms with E-state index >= 15 is 0 Å². The third kappa shape index (κ3) is 6.85. The minimum Gasteiger partial charge on any atom is -0.508 e. The van der Waals surface area contributed by atoms with Crippen LogP contribution in [0.4, 0.5) is 0 Å². The molecule has 3 aromatic rings. The Bertz CT molecular complexity index is 1690. The summed E-state index contributed by atoms with van der Waals surface area (Å²) in [7, 11) is 0. The normalized spacial score (nSPS) is 30.6. The topological polar surface area (TPSA) is 275 Å². The van der Waals surface area contributed by atoms with Crippen molar-refractivity contribution < 1.29 is 78.9 Å². The highest BCUT2D eigenvalue weighted by molar-refractivity contribution is 5.88. The molecule has 17 heteroatoms. The van der Waals surface area contributed by atoms with Crippen molar-refractivity contribution in [3.63, 3.8) is 0 Å². The van der Waals surface area contributed by atoms with E-state index in [4.69, 9.17) is 28.1 Å². The maximum Gasteiger partial charge on any atom is 0.306 e. The van der Waals surface area contributed by atoms with Gasteiger partial charge in [0.15, 0.2) is 35.8 Å². The Hall–Kier alpha value is -4.20. The lowest BCUT2D eigenvalue weighted by molar-refractivity contribution is -0.319. The number of benzene rings is 2. The van der Waals surface area contributed by atoms with Crippen molar-refractivity contribution in [1.82, 2.24) is 0 Å². The number of aliphatic hydroxyl groups excluding tert-OH is 5. The molecule has 10 atom stereocenters. The van der Waals surface area contributed by atoms with Crippen molar-refractivity contribution in [2.45, 2.75) is 88.1 Å². The number of hydrogen-bond acceptors (Lipinski definition) is 17. The van der Waals surface area contributed by atoms with E-state index in [1.165, 1.54) is 13.0 Å². The Morgan fingerprint density at radius 2 is 1.56 bits per heavy atom. The van der Waals surface area contributed by atoms with Crippen LogP contribution >= 0.6 is 0 Å². The van der Waals surface area contributed by atoms with E-state index in [0.717, 1.165) is 24.3 Å². The largest absolute Gasteiger partial charge is 0.508 e. The summed E-state index contributed by atoms with van der Waals surface area (Å²) in [5.74, 6) is -4.20. The second kappa shape index (κ2) is 14.1. The fraction of sp³-hybridized carbons (Fsp3) is 0.484. The number of fused-ring (bicyclic) bond motifs is 1. The van der Waals surface area contributed by atoms with Crippen LogP contribution in [-0.4, -0.2) is 120 Å². The number of ether oxygens (including phenoxy) is 5. The number of esters is 1. The highest BCUT2D eigenvalue weighted by Crippen LogP contribution is 2.39. The second-order valence-corrected chi connectivity index (χ2v) is 11.5. The maximum absolute atomic E-state index is 13.8. The monoisotopic (exact) mass is 680 g/mol. The Morgan fingerprint density at radius 1 is 0.833 bits per heavy atom. The predicted molar refractivity (Wildman–Crippen MR) is 159 cm³/mol. The van der Waals surface area contributed by atoms with Gasteiger partial charge in [0.25, 0.3) is 0 Å². The van der Waals surface area contributed by atoms with Crippen molar-refractivity contribution >= 4 is 16.9 Å². The first-order valence-electron chi connectivity index (χ1n) is 15.0. The molecular formula is C31H36O17. The van der Waals surface area contributed by atoms with E-state index in [9.17, 15) is 55.5 Å². The zero-order valence-electron chi connectivity index (χ0n) is 25.6. The molecule has 5 rings (SSSR count). The van der Waals surface area contributed by atoms with Crippen LogP contribution in [-0.2, 0) is 23.7 Å². The molecule has 0 amide bonds. The standard InChI is InChI=1S/C31H36O17/c1-3-4-19(36)47-28-22(38)18(10-43-30-25(41)24(40)21(37)11(2)44-30)46-31(26(28)42)48-29-23(39)20-16(35)8-13(32)9-17(20)45-27(29)12-5-6-14(33)15(34)7-12/h5-9,11,18,21-22,24-26,28,30-35,37-38,40-42H,3-4,10H2,1-2H3/t11-,18+,21-,22+,24+,25+,26+,28-,30+,31-/m0/s1. The molecule has 0 unspecified atom stereocenters. The third-order valence-corrected chi connectivity index (χ3v) is 7.99. The highest BCUT2D eigenvalue weighted by Gasteiger charge is 2.50. The predicted octanol–water partition coefficient (Wildman–Crippen LogP) is -0.336. The average Bonchev–Trinajstić information content (AvgIpc) is 3.03. The van der Waals surface area contributed by atoms with E-state index in [1.54, 1.807) is 6.92 Å². The second-order valence-electron chi connectivity index (χ2n) is 11.5. The molecule has 0 saturated carbocycles. The van der Waals surface area contributed by atoms with Crippen LogP contribution in [0.1, 0.15) is 26.7 Å². The van der Waals surface area contributed by atoms with Gasteiger partial charge in [-0.1, -0.05) is 6.92 Å². The van der Waals surface area contributed by atoms with E-state index in [2.05, 4.69) is 0 Å². The zero-order chi connectivity index (χ0) is 35.0. The first-order chi connectivity index (χ1) is 22.7. The summed E-state index contributed by atoms with van der Waals surface area (Å²) in [4.78, 5) is 26.3. The molecule has 0 spiro atoms. The van der Waals surface area contributed by atoms with Gasteiger partial charge in [-0.25, -0.2) is 0 Å². The first-order valence-corrected chi connectivity index (χ1v) is 15.0. The van der Waals surface area contributed by atoms with Gasteiger partial charge in [-0.3, -0.25) is 9.59 Å². The van der Waals surface area contributed by atoms with E-state index < -0.39 is 119 Å². The van der Waals surface area contributed by atoms with Crippen LogP contribution in [0.15, 0.2) is 39.5 Å². The minimum atomic E-state index is -1.96. The molecule has 48 heavy (non-hydrogen) atoms. The van der Waals surface area contributed by atoms with Crippen LogP contribution in [0.25, 0.3) is 22.3 Å². The van der Waals surface area contributed by atoms with Crippen LogP contribution in [0.5, 0.6) is 28.7 Å². The van der Waals surface area contributed by atoms with Crippen molar-refractivity contribution in [3.05, 3.63) is 40.6 Å². The van der Waals surface area contributed by atoms with Crippen LogP contribution in [0, 0.1) is 0 Å². The van der Waals surface area contributed by atoms with E-state index in [1.807, 2.05) is 0 Å². The number of hydrogen-bond donors (Lipinski definition) is 9. The number of rotatable bonds is 9. The summed E-state index contributed by atoms with van der Waals surface area (Å²) in [5, 5.41) is 92.8. The van der Waals surface area contributed by atoms with Gasteiger partial charge in [-0.2, -0.15) is 0 Å². The highest BCUT2D eigenvalue weighted by atomic mass is 16.7. The maximum atomic E-state index is 13.8. The molecule has 0 bridgehead atoms. The molecule has 9 N–H and O–H groups in total. The van der Waals surface area contributed by atoms with Gasteiger partial charge in [-0.05, 0) is 31.5 Å². The molecule has 2 aliphatic heterocycles. The van der Waals surface area contributed by atoms with Crippen molar-refractivity contribution in [3.8, 4) is 40.1 Å². The molecule has 0 radical (unpaired) electrons. The van der Waals surface area contributed by atoms with Crippen molar-refractivity contribution in [1.29, 1.82) is 0 Å². The number of carbonyl (C=O) groups is 1. The molecule has 3 heterocycles. The summed E-state index contributed by atoms with van der Waals surface area (Å²) in [5.41, 5.74) is -1.39. The van der Waals surface area contributed by atoms with Gasteiger partial charge < -0.3 is 74.1 Å². The number of carbonyl (C=O) groups excluding carboxylic acids is 1. The summed E-state index contributed by atoms with van der Waals surface area (Å²) in [6.07, 6.45) is -15.9. The van der Waals surface area contributed by atoms with Gasteiger partial charge >= 0.3 is 5.97 Å². The number of aliphatic hydroxyl groups is 5. The van der Waals surface area contributed by atoms with Crippen molar-refractivity contribution in [2.24, 2.45) is 0 Å². The molecular weight excluding hydrogens is 644 g/mol.